The lowest BCUT2D eigenvalue weighted by Gasteiger charge is -2.03. The van der Waals surface area contributed by atoms with Gasteiger partial charge in [-0.2, -0.15) is 4.89 Å². The maximum absolute atomic E-state index is 5.52. The van der Waals surface area contributed by atoms with Gasteiger partial charge in [0.25, 0.3) is 0 Å². The predicted octanol–water partition coefficient (Wildman–Crippen LogP) is 2.44. The van der Waals surface area contributed by atoms with Crippen LogP contribution in [-0.4, -0.2) is 5.56 Å². The Balaban J connectivity index is 3.06. The van der Waals surface area contributed by atoms with Crippen molar-refractivity contribution in [3.8, 4) is 0 Å². The van der Waals surface area contributed by atoms with Crippen molar-refractivity contribution in [3.05, 3.63) is 12.3 Å². The van der Waals surface area contributed by atoms with E-state index in [1.165, 1.54) is 6.26 Å². The molecule has 1 unspecified atom stereocenters. The summed E-state index contributed by atoms with van der Waals surface area (Å²) in [7, 11) is 0. The summed E-state index contributed by atoms with van der Waals surface area (Å²) in [4.78, 5) is 9.13. The van der Waals surface area contributed by atoms with E-state index in [1.54, 1.807) is 6.08 Å². The molecule has 3 heteroatoms. The van der Waals surface area contributed by atoms with Crippen LogP contribution < -0.4 is 0 Å². The summed E-state index contributed by atoms with van der Waals surface area (Å²) >= 11 is 5.52. The Morgan fingerprint density at radius 2 is 2.33 bits per heavy atom. The van der Waals surface area contributed by atoms with E-state index in [2.05, 4.69) is 9.78 Å². The van der Waals surface area contributed by atoms with Gasteiger partial charge in [0.15, 0.2) is 5.56 Å². The van der Waals surface area contributed by atoms with Crippen LogP contribution in [0.15, 0.2) is 12.3 Å². The van der Waals surface area contributed by atoms with E-state index in [4.69, 9.17) is 11.6 Å². The zero-order valence-corrected chi connectivity index (χ0v) is 6.39. The van der Waals surface area contributed by atoms with E-state index in [0.29, 0.717) is 0 Å². The second kappa shape index (κ2) is 5.92. The van der Waals surface area contributed by atoms with Crippen molar-refractivity contribution in [2.24, 2.45) is 0 Å². The minimum atomic E-state index is -0.346. The maximum atomic E-state index is 5.52. The molecular formula is C6H11ClO2. The SMILES string of the molecule is C/C=C/OOC(Cl)CC. The number of hydrogen-bond acceptors (Lipinski definition) is 2. The standard InChI is InChI=1S/C6H11ClO2/c1-3-5-8-9-6(7)4-2/h3,5-6H,4H2,1-2H3/b5-3+. The molecule has 0 saturated carbocycles. The smallest absolute Gasteiger partial charge is 0.177 e. The Morgan fingerprint density at radius 3 is 2.78 bits per heavy atom. The molecule has 0 rings (SSSR count). The highest BCUT2D eigenvalue weighted by atomic mass is 35.5. The summed E-state index contributed by atoms with van der Waals surface area (Å²) in [5.74, 6) is 0. The van der Waals surface area contributed by atoms with Crippen LogP contribution in [0.25, 0.3) is 0 Å². The largest absolute Gasteiger partial charge is 0.344 e. The summed E-state index contributed by atoms with van der Waals surface area (Å²) in [5, 5.41) is 0. The van der Waals surface area contributed by atoms with Gasteiger partial charge < -0.3 is 4.89 Å². The van der Waals surface area contributed by atoms with Crippen LogP contribution in [0.5, 0.6) is 0 Å². The molecule has 0 aromatic heterocycles. The molecule has 0 spiro atoms. The van der Waals surface area contributed by atoms with E-state index in [1.807, 2.05) is 13.8 Å². The summed E-state index contributed by atoms with van der Waals surface area (Å²) in [5.41, 5.74) is -0.346. The third kappa shape index (κ3) is 5.66. The topological polar surface area (TPSA) is 18.5 Å². The summed E-state index contributed by atoms with van der Waals surface area (Å²) in [6.07, 6.45) is 3.89. The van der Waals surface area contributed by atoms with Gasteiger partial charge in [0.1, 0.15) is 6.26 Å². The Bertz CT molecular complexity index is 83.1. The van der Waals surface area contributed by atoms with Crippen LogP contribution in [0.4, 0.5) is 0 Å². The van der Waals surface area contributed by atoms with Crippen LogP contribution in [0.3, 0.4) is 0 Å². The van der Waals surface area contributed by atoms with Crippen molar-refractivity contribution < 1.29 is 9.78 Å². The van der Waals surface area contributed by atoms with Crippen molar-refractivity contribution in [2.45, 2.75) is 25.8 Å². The average molecular weight is 151 g/mol. The molecule has 0 bridgehead atoms. The predicted molar refractivity (Wildman–Crippen MR) is 36.9 cm³/mol. The van der Waals surface area contributed by atoms with E-state index in [-0.39, 0.29) is 5.56 Å². The Kier molecular flexibility index (Phi) is 5.78. The van der Waals surface area contributed by atoms with Crippen molar-refractivity contribution >= 4 is 11.6 Å². The quantitative estimate of drug-likeness (QED) is 0.265. The lowest BCUT2D eigenvalue weighted by molar-refractivity contribution is -0.262. The fourth-order valence-corrected chi connectivity index (χ4v) is 0.258. The van der Waals surface area contributed by atoms with E-state index >= 15 is 0 Å². The monoisotopic (exact) mass is 150 g/mol. The molecule has 0 heterocycles. The van der Waals surface area contributed by atoms with E-state index < -0.39 is 0 Å². The molecule has 0 amide bonds. The molecule has 54 valence electrons. The third-order valence-corrected chi connectivity index (χ3v) is 1.05. The van der Waals surface area contributed by atoms with Gasteiger partial charge in [-0.15, -0.1) is 0 Å². The zero-order valence-electron chi connectivity index (χ0n) is 5.63. The molecule has 0 fully saturated rings. The Morgan fingerprint density at radius 1 is 1.67 bits per heavy atom. The Hall–Kier alpha value is -0.210. The number of alkyl halides is 1. The highest BCUT2D eigenvalue weighted by Crippen LogP contribution is 2.02. The molecule has 1 atom stereocenters. The van der Waals surface area contributed by atoms with Crippen LogP contribution >= 0.6 is 11.6 Å². The first-order chi connectivity index (χ1) is 4.31. The second-order valence-corrected chi connectivity index (χ2v) is 1.97. The van der Waals surface area contributed by atoms with E-state index in [0.717, 1.165) is 6.42 Å². The molecule has 9 heavy (non-hydrogen) atoms. The fourth-order valence-electron chi connectivity index (χ4n) is 0.216. The lowest BCUT2D eigenvalue weighted by Crippen LogP contribution is -2.00. The lowest BCUT2D eigenvalue weighted by atomic mass is 10.5. The molecule has 0 aliphatic carbocycles. The molecule has 0 aromatic rings. The number of allylic oxidation sites excluding steroid dienone is 1. The minimum absolute atomic E-state index is 0.346. The second-order valence-electron chi connectivity index (χ2n) is 1.48. The van der Waals surface area contributed by atoms with Gasteiger partial charge >= 0.3 is 0 Å². The van der Waals surface area contributed by atoms with Crippen molar-refractivity contribution in [3.63, 3.8) is 0 Å². The van der Waals surface area contributed by atoms with Crippen LogP contribution in [-0.2, 0) is 9.78 Å². The normalized spacial score (nSPS) is 14.1. The molecule has 0 radical (unpaired) electrons. The van der Waals surface area contributed by atoms with Crippen molar-refractivity contribution in [1.29, 1.82) is 0 Å². The summed E-state index contributed by atoms with van der Waals surface area (Å²) < 4.78 is 0. The van der Waals surface area contributed by atoms with Gasteiger partial charge in [-0.1, -0.05) is 18.5 Å². The highest BCUT2D eigenvalue weighted by molar-refractivity contribution is 6.19. The molecule has 0 saturated heterocycles. The van der Waals surface area contributed by atoms with Crippen LogP contribution in [0.1, 0.15) is 20.3 Å². The van der Waals surface area contributed by atoms with Gasteiger partial charge in [-0.25, -0.2) is 0 Å². The van der Waals surface area contributed by atoms with Gasteiger partial charge in [0, 0.05) is 0 Å². The first kappa shape index (κ1) is 8.79. The number of rotatable bonds is 4. The first-order valence-corrected chi connectivity index (χ1v) is 3.32. The van der Waals surface area contributed by atoms with Gasteiger partial charge in [0.2, 0.25) is 0 Å². The highest BCUT2D eigenvalue weighted by Gasteiger charge is 1.98. The van der Waals surface area contributed by atoms with Crippen LogP contribution in [0, 0.1) is 0 Å². The zero-order chi connectivity index (χ0) is 7.11. The average Bonchev–Trinajstić information content (AvgIpc) is 1.89. The first-order valence-electron chi connectivity index (χ1n) is 2.88. The molecule has 0 N–H and O–H groups in total. The van der Waals surface area contributed by atoms with Gasteiger partial charge in [0.05, 0.1) is 0 Å². The Labute approximate surface area is 60.3 Å². The number of hydrogen-bond donors (Lipinski definition) is 0. The van der Waals surface area contributed by atoms with Crippen molar-refractivity contribution in [1.82, 2.24) is 0 Å². The maximum Gasteiger partial charge on any atom is 0.177 e. The molecular weight excluding hydrogens is 140 g/mol. The van der Waals surface area contributed by atoms with Gasteiger partial charge in [-0.05, 0) is 19.4 Å². The summed E-state index contributed by atoms with van der Waals surface area (Å²) in [6.45, 7) is 3.75. The minimum Gasteiger partial charge on any atom is -0.344 e. The molecule has 0 aromatic carbocycles. The van der Waals surface area contributed by atoms with Crippen LogP contribution in [0.2, 0.25) is 0 Å². The van der Waals surface area contributed by atoms with E-state index in [9.17, 15) is 0 Å². The third-order valence-electron chi connectivity index (χ3n) is 0.673. The molecule has 2 nitrogen and oxygen atoms in total. The van der Waals surface area contributed by atoms with Crippen molar-refractivity contribution in [2.75, 3.05) is 0 Å². The molecule has 0 aliphatic rings. The fraction of sp³-hybridized carbons (Fsp3) is 0.667. The van der Waals surface area contributed by atoms with Gasteiger partial charge in [-0.3, -0.25) is 0 Å². The summed E-state index contributed by atoms with van der Waals surface area (Å²) in [6, 6.07) is 0. The number of halogens is 1. The molecule has 0 aliphatic heterocycles.